The first-order chi connectivity index (χ1) is 5.68. The summed E-state index contributed by atoms with van der Waals surface area (Å²) in [5.74, 6) is 0. The third-order valence-corrected chi connectivity index (χ3v) is 3.02. The molecule has 0 unspecified atom stereocenters. The Labute approximate surface area is 79.9 Å². The topological polar surface area (TPSA) is 15.8 Å². The number of aromatic nitrogens is 1. The number of halogens is 1. The van der Waals surface area contributed by atoms with Crippen LogP contribution < -0.4 is 0 Å². The van der Waals surface area contributed by atoms with Crippen LogP contribution in [0.25, 0.3) is 10.9 Å². The Morgan fingerprint density at radius 2 is 1.92 bits per heavy atom. The average Bonchev–Trinajstić information content (AvgIpc) is 2.35. The van der Waals surface area contributed by atoms with Crippen LogP contribution in [0, 0.1) is 13.8 Å². The summed E-state index contributed by atoms with van der Waals surface area (Å²) in [7, 11) is 0. The summed E-state index contributed by atoms with van der Waals surface area (Å²) >= 11 is 3.52. The molecule has 12 heavy (non-hydrogen) atoms. The molecule has 0 radical (unpaired) electrons. The van der Waals surface area contributed by atoms with Crippen molar-refractivity contribution < 1.29 is 0 Å². The van der Waals surface area contributed by atoms with E-state index in [-0.39, 0.29) is 0 Å². The van der Waals surface area contributed by atoms with E-state index in [2.05, 4.69) is 46.9 Å². The molecule has 0 saturated heterocycles. The number of H-pyrrole nitrogens is 1. The molecule has 0 aliphatic carbocycles. The molecule has 0 saturated carbocycles. The minimum absolute atomic E-state index is 1.18. The highest BCUT2D eigenvalue weighted by Crippen LogP contribution is 2.25. The van der Waals surface area contributed by atoms with Gasteiger partial charge in [0.1, 0.15) is 0 Å². The van der Waals surface area contributed by atoms with Crippen molar-refractivity contribution in [2.45, 2.75) is 13.8 Å². The fraction of sp³-hybridized carbons (Fsp3) is 0.200. The minimum Gasteiger partial charge on any atom is -0.361 e. The Morgan fingerprint density at radius 1 is 1.17 bits per heavy atom. The van der Waals surface area contributed by atoms with E-state index in [1.54, 1.807) is 0 Å². The van der Waals surface area contributed by atoms with Gasteiger partial charge in [0.05, 0.1) is 0 Å². The molecule has 1 heterocycles. The van der Waals surface area contributed by atoms with Gasteiger partial charge in [0.2, 0.25) is 0 Å². The number of hydrogen-bond acceptors (Lipinski definition) is 0. The van der Waals surface area contributed by atoms with Crippen LogP contribution in [0.3, 0.4) is 0 Å². The summed E-state index contributed by atoms with van der Waals surface area (Å²) in [5, 5.41) is 1.30. The molecule has 2 aromatic rings. The number of aromatic amines is 1. The smallest absolute Gasteiger partial charge is 0.0460 e. The fourth-order valence-electron chi connectivity index (χ4n) is 1.39. The van der Waals surface area contributed by atoms with E-state index >= 15 is 0 Å². The molecular formula is C10H10BrN. The zero-order valence-electron chi connectivity index (χ0n) is 7.11. The van der Waals surface area contributed by atoms with Crippen molar-refractivity contribution in [1.82, 2.24) is 4.98 Å². The summed E-state index contributed by atoms with van der Waals surface area (Å²) in [6.07, 6.45) is 2.04. The summed E-state index contributed by atoms with van der Waals surface area (Å²) in [6.45, 7) is 4.21. The standard InChI is InChI=1S/C10H10BrN/c1-6-3-10-8(4-9(6)11)7(2)5-12-10/h3-5,12H,1-2H3. The van der Waals surface area contributed by atoms with Gasteiger partial charge in [-0.25, -0.2) is 0 Å². The molecule has 1 nitrogen and oxygen atoms in total. The molecule has 1 aromatic carbocycles. The molecule has 2 rings (SSSR count). The van der Waals surface area contributed by atoms with Crippen molar-refractivity contribution in [2.24, 2.45) is 0 Å². The van der Waals surface area contributed by atoms with Crippen molar-refractivity contribution >= 4 is 26.8 Å². The zero-order chi connectivity index (χ0) is 8.72. The van der Waals surface area contributed by atoms with Crippen molar-refractivity contribution in [1.29, 1.82) is 0 Å². The molecule has 0 atom stereocenters. The maximum absolute atomic E-state index is 3.52. The predicted molar refractivity (Wildman–Crippen MR) is 55.5 cm³/mol. The lowest BCUT2D eigenvalue weighted by molar-refractivity contribution is 1.41. The van der Waals surface area contributed by atoms with Crippen LogP contribution >= 0.6 is 15.9 Å². The monoisotopic (exact) mass is 223 g/mol. The van der Waals surface area contributed by atoms with Crippen molar-refractivity contribution in [3.63, 3.8) is 0 Å². The maximum Gasteiger partial charge on any atom is 0.0460 e. The molecular weight excluding hydrogens is 214 g/mol. The van der Waals surface area contributed by atoms with E-state index in [0.717, 1.165) is 0 Å². The van der Waals surface area contributed by atoms with Crippen molar-refractivity contribution in [2.75, 3.05) is 0 Å². The molecule has 1 N–H and O–H groups in total. The van der Waals surface area contributed by atoms with Crippen LogP contribution in [0.1, 0.15) is 11.1 Å². The number of rotatable bonds is 0. The van der Waals surface area contributed by atoms with Crippen LogP contribution in [0.2, 0.25) is 0 Å². The molecule has 0 spiro atoms. The SMILES string of the molecule is Cc1cc2[nH]cc(C)c2cc1Br. The Hall–Kier alpha value is -0.760. The quantitative estimate of drug-likeness (QED) is 0.704. The van der Waals surface area contributed by atoms with E-state index in [4.69, 9.17) is 0 Å². The Kier molecular flexibility index (Phi) is 1.72. The first kappa shape index (κ1) is 7.87. The maximum atomic E-state index is 3.52. The van der Waals surface area contributed by atoms with Gasteiger partial charge in [-0.15, -0.1) is 0 Å². The number of benzene rings is 1. The lowest BCUT2D eigenvalue weighted by Crippen LogP contribution is -1.76. The van der Waals surface area contributed by atoms with Gasteiger partial charge in [-0.3, -0.25) is 0 Å². The molecule has 0 aliphatic heterocycles. The first-order valence-electron chi connectivity index (χ1n) is 3.92. The van der Waals surface area contributed by atoms with Crippen LogP contribution in [0.5, 0.6) is 0 Å². The van der Waals surface area contributed by atoms with E-state index in [1.165, 1.54) is 26.5 Å². The zero-order valence-corrected chi connectivity index (χ0v) is 8.70. The normalized spacial score (nSPS) is 10.9. The lowest BCUT2D eigenvalue weighted by atomic mass is 10.1. The van der Waals surface area contributed by atoms with Gasteiger partial charge in [0.25, 0.3) is 0 Å². The van der Waals surface area contributed by atoms with Crippen LogP contribution in [0.15, 0.2) is 22.8 Å². The average molecular weight is 224 g/mol. The van der Waals surface area contributed by atoms with Gasteiger partial charge in [-0.05, 0) is 37.1 Å². The molecule has 0 fully saturated rings. The lowest BCUT2D eigenvalue weighted by Gasteiger charge is -1.98. The Bertz CT molecular complexity index is 429. The van der Waals surface area contributed by atoms with Gasteiger partial charge < -0.3 is 4.98 Å². The largest absolute Gasteiger partial charge is 0.361 e. The third kappa shape index (κ3) is 1.07. The second kappa shape index (κ2) is 2.63. The number of fused-ring (bicyclic) bond motifs is 1. The molecule has 0 bridgehead atoms. The summed E-state index contributed by atoms with van der Waals surface area (Å²) in [5.41, 5.74) is 3.78. The highest BCUT2D eigenvalue weighted by atomic mass is 79.9. The van der Waals surface area contributed by atoms with Gasteiger partial charge in [0, 0.05) is 21.6 Å². The number of nitrogens with one attached hydrogen (secondary N) is 1. The highest BCUT2D eigenvalue weighted by molar-refractivity contribution is 9.10. The Balaban J connectivity index is 2.87. The van der Waals surface area contributed by atoms with Gasteiger partial charge >= 0.3 is 0 Å². The van der Waals surface area contributed by atoms with Gasteiger partial charge in [-0.1, -0.05) is 15.9 Å². The molecule has 2 heteroatoms. The molecule has 0 amide bonds. The third-order valence-electron chi connectivity index (χ3n) is 2.17. The van der Waals surface area contributed by atoms with E-state index in [0.29, 0.717) is 0 Å². The predicted octanol–water partition coefficient (Wildman–Crippen LogP) is 3.55. The van der Waals surface area contributed by atoms with Crippen LogP contribution in [-0.2, 0) is 0 Å². The van der Waals surface area contributed by atoms with E-state index in [1.807, 2.05) is 6.20 Å². The molecule has 0 aliphatic rings. The summed E-state index contributed by atoms with van der Waals surface area (Å²) < 4.78 is 1.18. The summed E-state index contributed by atoms with van der Waals surface area (Å²) in [6, 6.07) is 4.32. The molecule has 1 aromatic heterocycles. The fourth-order valence-corrected chi connectivity index (χ4v) is 1.73. The second-order valence-electron chi connectivity index (χ2n) is 3.12. The molecule has 62 valence electrons. The van der Waals surface area contributed by atoms with Crippen molar-refractivity contribution in [3.05, 3.63) is 33.9 Å². The van der Waals surface area contributed by atoms with Crippen LogP contribution in [0.4, 0.5) is 0 Å². The van der Waals surface area contributed by atoms with Crippen LogP contribution in [-0.4, -0.2) is 4.98 Å². The van der Waals surface area contributed by atoms with E-state index in [9.17, 15) is 0 Å². The number of aryl methyl sites for hydroxylation is 2. The van der Waals surface area contributed by atoms with Gasteiger partial charge in [0.15, 0.2) is 0 Å². The first-order valence-corrected chi connectivity index (χ1v) is 4.71. The van der Waals surface area contributed by atoms with E-state index < -0.39 is 0 Å². The summed E-state index contributed by atoms with van der Waals surface area (Å²) in [4.78, 5) is 3.24. The minimum atomic E-state index is 1.18. The van der Waals surface area contributed by atoms with Gasteiger partial charge in [-0.2, -0.15) is 0 Å². The second-order valence-corrected chi connectivity index (χ2v) is 3.97. The number of hydrogen-bond donors (Lipinski definition) is 1. The Morgan fingerprint density at radius 3 is 2.67 bits per heavy atom. The highest BCUT2D eigenvalue weighted by Gasteiger charge is 2.01. The van der Waals surface area contributed by atoms with Crippen molar-refractivity contribution in [3.8, 4) is 0 Å².